The molecule has 1 fully saturated rings. The van der Waals surface area contributed by atoms with E-state index in [2.05, 4.69) is 15.6 Å². The molecule has 5 heteroatoms. The highest BCUT2D eigenvalue weighted by atomic mass is 16.5. The number of carbonyl (C=O) groups excluding carboxylic acids is 1. The summed E-state index contributed by atoms with van der Waals surface area (Å²) in [4.78, 5) is 16.0. The fourth-order valence-corrected chi connectivity index (χ4v) is 2.14. The number of pyridine rings is 1. The van der Waals surface area contributed by atoms with E-state index in [1.165, 1.54) is 0 Å². The van der Waals surface area contributed by atoms with Crippen molar-refractivity contribution in [3.63, 3.8) is 0 Å². The van der Waals surface area contributed by atoms with Crippen LogP contribution >= 0.6 is 0 Å². The zero-order valence-corrected chi connectivity index (χ0v) is 11.3. The highest BCUT2D eigenvalue weighted by Crippen LogP contribution is 2.24. The van der Waals surface area contributed by atoms with Crippen molar-refractivity contribution in [2.24, 2.45) is 0 Å². The number of aromatic nitrogens is 1. The Morgan fingerprint density at radius 1 is 1.53 bits per heavy atom. The van der Waals surface area contributed by atoms with Crippen LogP contribution in [0.5, 0.6) is 0 Å². The lowest BCUT2D eigenvalue weighted by molar-refractivity contribution is -0.139. The second-order valence-corrected chi connectivity index (χ2v) is 4.96. The van der Waals surface area contributed by atoms with Gasteiger partial charge in [-0.15, -0.1) is 0 Å². The maximum absolute atomic E-state index is 11.9. The minimum atomic E-state index is -0.614. The van der Waals surface area contributed by atoms with Gasteiger partial charge in [0, 0.05) is 32.1 Å². The van der Waals surface area contributed by atoms with Crippen molar-refractivity contribution in [2.75, 3.05) is 25.0 Å². The van der Waals surface area contributed by atoms with E-state index in [4.69, 9.17) is 4.74 Å². The molecule has 104 valence electrons. The summed E-state index contributed by atoms with van der Waals surface area (Å²) < 4.78 is 5.49. The molecule has 0 bridgehead atoms. The standard InChI is InChI=1S/C14H21N3O2/c1-14(6-3-10-19-14)13(18)17-9-4-8-16-12-5-2-7-15-11-12/h2,5,7,11,16H,3-4,6,8-10H2,1H3,(H,17,18). The van der Waals surface area contributed by atoms with Crippen LogP contribution in [-0.4, -0.2) is 36.2 Å². The van der Waals surface area contributed by atoms with Crippen LogP contribution in [0.25, 0.3) is 0 Å². The molecule has 0 saturated carbocycles. The molecule has 1 atom stereocenters. The van der Waals surface area contributed by atoms with E-state index < -0.39 is 5.60 Å². The molecule has 2 heterocycles. The van der Waals surface area contributed by atoms with E-state index in [1.807, 2.05) is 19.1 Å². The highest BCUT2D eigenvalue weighted by Gasteiger charge is 2.37. The zero-order chi connectivity index (χ0) is 13.6. The fourth-order valence-electron chi connectivity index (χ4n) is 2.14. The van der Waals surface area contributed by atoms with Gasteiger partial charge in [-0.3, -0.25) is 9.78 Å². The van der Waals surface area contributed by atoms with Crippen LogP contribution in [0.2, 0.25) is 0 Å². The first-order chi connectivity index (χ1) is 9.21. The van der Waals surface area contributed by atoms with Crippen molar-refractivity contribution in [3.05, 3.63) is 24.5 Å². The third-order valence-electron chi connectivity index (χ3n) is 3.33. The summed E-state index contributed by atoms with van der Waals surface area (Å²) in [7, 11) is 0. The van der Waals surface area contributed by atoms with Crippen molar-refractivity contribution < 1.29 is 9.53 Å². The molecule has 0 aliphatic carbocycles. The molecule has 2 N–H and O–H groups in total. The highest BCUT2D eigenvalue weighted by molar-refractivity contribution is 5.84. The topological polar surface area (TPSA) is 63.2 Å². The summed E-state index contributed by atoms with van der Waals surface area (Å²) in [5, 5.41) is 6.18. The molecule has 1 aliphatic heterocycles. The molecule has 0 aromatic carbocycles. The van der Waals surface area contributed by atoms with Crippen LogP contribution in [0.3, 0.4) is 0 Å². The number of amides is 1. The van der Waals surface area contributed by atoms with Gasteiger partial charge in [0.2, 0.25) is 0 Å². The van der Waals surface area contributed by atoms with Gasteiger partial charge in [-0.25, -0.2) is 0 Å². The molecule has 1 amide bonds. The Morgan fingerprint density at radius 3 is 3.11 bits per heavy atom. The second kappa shape index (κ2) is 6.52. The normalized spacial score (nSPS) is 22.2. The number of hydrogen-bond acceptors (Lipinski definition) is 4. The van der Waals surface area contributed by atoms with Gasteiger partial charge in [0.1, 0.15) is 5.60 Å². The number of rotatable bonds is 6. The van der Waals surface area contributed by atoms with Gasteiger partial charge < -0.3 is 15.4 Å². The SMILES string of the molecule is CC1(C(=O)NCCCNc2cccnc2)CCCO1. The number of nitrogens with one attached hydrogen (secondary N) is 2. The van der Waals surface area contributed by atoms with E-state index in [1.54, 1.807) is 12.4 Å². The van der Waals surface area contributed by atoms with Crippen LogP contribution in [0.4, 0.5) is 5.69 Å². The number of nitrogens with zero attached hydrogens (tertiary/aromatic N) is 1. The molecule has 19 heavy (non-hydrogen) atoms. The summed E-state index contributed by atoms with van der Waals surface area (Å²) in [6.07, 6.45) is 6.18. The summed E-state index contributed by atoms with van der Waals surface area (Å²) >= 11 is 0. The zero-order valence-electron chi connectivity index (χ0n) is 11.3. The van der Waals surface area contributed by atoms with Crippen molar-refractivity contribution in [1.29, 1.82) is 0 Å². The smallest absolute Gasteiger partial charge is 0.251 e. The van der Waals surface area contributed by atoms with Gasteiger partial charge in [0.15, 0.2) is 0 Å². The molecule has 1 aromatic rings. The lowest BCUT2D eigenvalue weighted by atomic mass is 10.0. The Balaban J connectivity index is 1.60. The van der Waals surface area contributed by atoms with E-state index in [0.717, 1.165) is 31.5 Å². The Hall–Kier alpha value is -1.62. The van der Waals surface area contributed by atoms with Gasteiger partial charge in [-0.05, 0) is 38.3 Å². The predicted octanol–water partition coefficient (Wildman–Crippen LogP) is 1.57. The van der Waals surface area contributed by atoms with Gasteiger partial charge in [-0.1, -0.05) is 0 Å². The maximum atomic E-state index is 11.9. The van der Waals surface area contributed by atoms with Gasteiger partial charge in [0.25, 0.3) is 5.91 Å². The van der Waals surface area contributed by atoms with Crippen molar-refractivity contribution in [1.82, 2.24) is 10.3 Å². The van der Waals surface area contributed by atoms with Gasteiger partial charge in [-0.2, -0.15) is 0 Å². The van der Waals surface area contributed by atoms with Crippen LogP contribution in [-0.2, 0) is 9.53 Å². The lowest BCUT2D eigenvalue weighted by Gasteiger charge is -2.21. The van der Waals surface area contributed by atoms with E-state index >= 15 is 0 Å². The Morgan fingerprint density at radius 2 is 2.42 bits per heavy atom. The average Bonchev–Trinajstić information content (AvgIpc) is 2.88. The fraction of sp³-hybridized carbons (Fsp3) is 0.571. The third kappa shape index (κ3) is 3.92. The third-order valence-corrected chi connectivity index (χ3v) is 3.33. The summed E-state index contributed by atoms with van der Waals surface area (Å²) in [5.41, 5.74) is 0.386. The number of hydrogen-bond donors (Lipinski definition) is 2. The molecular weight excluding hydrogens is 242 g/mol. The van der Waals surface area contributed by atoms with Crippen molar-refractivity contribution >= 4 is 11.6 Å². The summed E-state index contributed by atoms with van der Waals surface area (Å²) in [6.45, 7) is 4.02. The summed E-state index contributed by atoms with van der Waals surface area (Å²) in [6, 6.07) is 3.86. The van der Waals surface area contributed by atoms with E-state index in [9.17, 15) is 4.79 Å². The first-order valence-corrected chi connectivity index (χ1v) is 6.77. The van der Waals surface area contributed by atoms with Crippen molar-refractivity contribution in [3.8, 4) is 0 Å². The number of anilines is 1. The minimum Gasteiger partial charge on any atom is -0.384 e. The molecule has 1 unspecified atom stereocenters. The monoisotopic (exact) mass is 263 g/mol. The predicted molar refractivity (Wildman–Crippen MR) is 73.9 cm³/mol. The van der Waals surface area contributed by atoms with Crippen molar-refractivity contribution in [2.45, 2.75) is 31.8 Å². The molecule has 0 radical (unpaired) electrons. The minimum absolute atomic E-state index is 0.00591. The largest absolute Gasteiger partial charge is 0.384 e. The molecule has 5 nitrogen and oxygen atoms in total. The van der Waals surface area contributed by atoms with Crippen LogP contribution in [0.1, 0.15) is 26.2 Å². The Labute approximate surface area is 113 Å². The van der Waals surface area contributed by atoms with Crippen LogP contribution in [0.15, 0.2) is 24.5 Å². The molecule has 1 aromatic heterocycles. The van der Waals surface area contributed by atoms with Crippen LogP contribution < -0.4 is 10.6 Å². The summed E-state index contributed by atoms with van der Waals surface area (Å²) in [5.74, 6) is 0.00591. The molecular formula is C14H21N3O2. The molecule has 1 aliphatic rings. The Bertz CT molecular complexity index is 402. The van der Waals surface area contributed by atoms with Crippen LogP contribution in [0, 0.1) is 0 Å². The Kier molecular flexibility index (Phi) is 4.74. The maximum Gasteiger partial charge on any atom is 0.251 e. The first kappa shape index (κ1) is 13.8. The van der Waals surface area contributed by atoms with E-state index in [0.29, 0.717) is 13.2 Å². The lowest BCUT2D eigenvalue weighted by Crippen LogP contribution is -2.44. The first-order valence-electron chi connectivity index (χ1n) is 6.77. The molecule has 1 saturated heterocycles. The molecule has 2 rings (SSSR count). The number of ether oxygens (including phenoxy) is 1. The average molecular weight is 263 g/mol. The number of carbonyl (C=O) groups is 1. The molecule has 0 spiro atoms. The quantitative estimate of drug-likeness (QED) is 0.765. The van der Waals surface area contributed by atoms with Gasteiger partial charge >= 0.3 is 0 Å². The second-order valence-electron chi connectivity index (χ2n) is 4.96. The van der Waals surface area contributed by atoms with Gasteiger partial charge in [0.05, 0.1) is 5.69 Å². The van der Waals surface area contributed by atoms with E-state index in [-0.39, 0.29) is 5.91 Å².